The molecule has 1 aromatic heterocycles. The average molecular weight is 223 g/mol. The highest BCUT2D eigenvalue weighted by Gasteiger charge is 1.96. The van der Waals surface area contributed by atoms with E-state index in [0.29, 0.717) is 18.9 Å². The molecule has 0 aromatic carbocycles. The average Bonchev–Trinajstić information content (AvgIpc) is 2.68. The van der Waals surface area contributed by atoms with E-state index in [1.54, 1.807) is 13.2 Å². The third-order valence-electron chi connectivity index (χ3n) is 1.98. The van der Waals surface area contributed by atoms with Crippen LogP contribution in [0.25, 0.3) is 6.08 Å². The highest BCUT2D eigenvalue weighted by Crippen LogP contribution is 2.07. The Labute approximate surface area is 95.3 Å². The van der Waals surface area contributed by atoms with Gasteiger partial charge in [-0.05, 0) is 31.6 Å². The molecule has 0 fully saturated rings. The summed E-state index contributed by atoms with van der Waals surface area (Å²) >= 11 is 0. The summed E-state index contributed by atoms with van der Waals surface area (Å²) in [5.74, 6) is 1.40. The number of nitrogens with one attached hydrogen (secondary N) is 1. The van der Waals surface area contributed by atoms with E-state index in [-0.39, 0.29) is 5.91 Å². The Kier molecular flexibility index (Phi) is 5.36. The summed E-state index contributed by atoms with van der Waals surface area (Å²) in [7, 11) is 1.64. The van der Waals surface area contributed by atoms with E-state index in [0.717, 1.165) is 12.2 Å². The lowest BCUT2D eigenvalue weighted by Gasteiger charge is -2.00. The van der Waals surface area contributed by atoms with E-state index < -0.39 is 0 Å². The van der Waals surface area contributed by atoms with Crippen molar-refractivity contribution in [3.63, 3.8) is 0 Å². The highest BCUT2D eigenvalue weighted by molar-refractivity contribution is 5.91. The van der Waals surface area contributed by atoms with Crippen LogP contribution in [0.5, 0.6) is 0 Å². The molecule has 0 bridgehead atoms. The Morgan fingerprint density at radius 1 is 1.56 bits per heavy atom. The Bertz CT molecular complexity index is 355. The molecule has 0 aliphatic heterocycles. The van der Waals surface area contributed by atoms with E-state index in [9.17, 15) is 4.79 Å². The number of amides is 1. The van der Waals surface area contributed by atoms with Crippen molar-refractivity contribution in [3.05, 3.63) is 29.7 Å². The summed E-state index contributed by atoms with van der Waals surface area (Å²) in [5, 5.41) is 2.75. The fourth-order valence-corrected chi connectivity index (χ4v) is 1.19. The first-order valence-electron chi connectivity index (χ1n) is 5.23. The topological polar surface area (TPSA) is 51.5 Å². The third kappa shape index (κ3) is 4.79. The van der Waals surface area contributed by atoms with Crippen LogP contribution in [0, 0.1) is 6.92 Å². The first-order chi connectivity index (χ1) is 7.72. The molecule has 1 amide bonds. The number of hydrogen-bond acceptors (Lipinski definition) is 3. The van der Waals surface area contributed by atoms with Gasteiger partial charge in [-0.3, -0.25) is 4.79 Å². The quantitative estimate of drug-likeness (QED) is 0.590. The molecule has 0 radical (unpaired) electrons. The summed E-state index contributed by atoms with van der Waals surface area (Å²) < 4.78 is 10.2. The van der Waals surface area contributed by atoms with E-state index >= 15 is 0 Å². The number of carbonyl (C=O) groups is 1. The fourth-order valence-electron chi connectivity index (χ4n) is 1.19. The first kappa shape index (κ1) is 12.5. The Balaban J connectivity index is 2.26. The van der Waals surface area contributed by atoms with Crippen LogP contribution in [-0.2, 0) is 9.53 Å². The van der Waals surface area contributed by atoms with Crippen LogP contribution in [0.2, 0.25) is 0 Å². The van der Waals surface area contributed by atoms with Gasteiger partial charge in [0.2, 0.25) is 5.91 Å². The van der Waals surface area contributed by atoms with Gasteiger partial charge in [0.25, 0.3) is 0 Å². The molecule has 16 heavy (non-hydrogen) atoms. The molecular formula is C12H17NO3. The van der Waals surface area contributed by atoms with Crippen molar-refractivity contribution in [2.75, 3.05) is 20.3 Å². The second kappa shape index (κ2) is 6.85. The Hall–Kier alpha value is -1.55. The summed E-state index contributed by atoms with van der Waals surface area (Å²) in [6, 6.07) is 3.68. The van der Waals surface area contributed by atoms with Gasteiger partial charge in [-0.25, -0.2) is 0 Å². The normalized spacial score (nSPS) is 10.9. The third-order valence-corrected chi connectivity index (χ3v) is 1.98. The molecular weight excluding hydrogens is 206 g/mol. The lowest BCUT2D eigenvalue weighted by molar-refractivity contribution is -0.116. The summed E-state index contributed by atoms with van der Waals surface area (Å²) in [6.45, 7) is 3.14. The van der Waals surface area contributed by atoms with Crippen LogP contribution >= 0.6 is 0 Å². The van der Waals surface area contributed by atoms with Crippen LogP contribution in [0.15, 0.2) is 22.6 Å². The summed E-state index contributed by atoms with van der Waals surface area (Å²) in [4.78, 5) is 11.3. The Morgan fingerprint density at radius 3 is 3.00 bits per heavy atom. The molecule has 0 unspecified atom stereocenters. The van der Waals surface area contributed by atoms with Crippen molar-refractivity contribution >= 4 is 12.0 Å². The van der Waals surface area contributed by atoms with E-state index in [2.05, 4.69) is 5.32 Å². The second-order valence-corrected chi connectivity index (χ2v) is 3.42. The maximum Gasteiger partial charge on any atom is 0.244 e. The molecule has 0 aliphatic rings. The molecule has 0 atom stereocenters. The van der Waals surface area contributed by atoms with E-state index in [1.807, 2.05) is 19.1 Å². The van der Waals surface area contributed by atoms with Gasteiger partial charge >= 0.3 is 0 Å². The highest BCUT2D eigenvalue weighted by atomic mass is 16.5. The van der Waals surface area contributed by atoms with Crippen molar-refractivity contribution in [1.82, 2.24) is 5.32 Å². The molecule has 1 N–H and O–H groups in total. The van der Waals surface area contributed by atoms with Crippen molar-refractivity contribution in [2.24, 2.45) is 0 Å². The number of carbonyl (C=O) groups excluding carboxylic acids is 1. The van der Waals surface area contributed by atoms with Crippen LogP contribution in [0.4, 0.5) is 0 Å². The summed E-state index contributed by atoms with van der Waals surface area (Å²) in [5.41, 5.74) is 0. The van der Waals surface area contributed by atoms with Crippen molar-refractivity contribution < 1.29 is 13.9 Å². The zero-order chi connectivity index (χ0) is 11.8. The number of hydrogen-bond donors (Lipinski definition) is 1. The minimum atomic E-state index is -0.120. The second-order valence-electron chi connectivity index (χ2n) is 3.42. The van der Waals surface area contributed by atoms with Crippen molar-refractivity contribution in [1.29, 1.82) is 0 Å². The molecule has 1 heterocycles. The number of rotatable bonds is 6. The lowest BCUT2D eigenvalue weighted by atomic mass is 10.3. The summed E-state index contributed by atoms with van der Waals surface area (Å²) in [6.07, 6.45) is 3.93. The monoisotopic (exact) mass is 223 g/mol. The SMILES string of the molecule is COCCCNC(=O)/C=C/c1ccc(C)o1. The maximum absolute atomic E-state index is 11.3. The van der Waals surface area contributed by atoms with Crippen molar-refractivity contribution in [3.8, 4) is 0 Å². The molecule has 0 spiro atoms. The first-order valence-corrected chi connectivity index (χ1v) is 5.23. The molecule has 88 valence electrons. The van der Waals surface area contributed by atoms with Gasteiger partial charge in [0.1, 0.15) is 11.5 Å². The van der Waals surface area contributed by atoms with Crippen LogP contribution < -0.4 is 5.32 Å². The minimum absolute atomic E-state index is 0.120. The largest absolute Gasteiger partial charge is 0.462 e. The number of ether oxygens (including phenoxy) is 1. The van der Waals surface area contributed by atoms with E-state index in [4.69, 9.17) is 9.15 Å². The Morgan fingerprint density at radius 2 is 2.38 bits per heavy atom. The molecule has 1 rings (SSSR count). The molecule has 0 saturated heterocycles. The van der Waals surface area contributed by atoms with Gasteiger partial charge in [0, 0.05) is 26.3 Å². The number of aryl methyl sites for hydroxylation is 1. The van der Waals surface area contributed by atoms with Gasteiger partial charge in [-0.2, -0.15) is 0 Å². The maximum atomic E-state index is 11.3. The van der Waals surface area contributed by atoms with Crippen LogP contribution in [0.1, 0.15) is 17.9 Å². The van der Waals surface area contributed by atoms with Gasteiger partial charge in [0.15, 0.2) is 0 Å². The predicted molar refractivity (Wildman–Crippen MR) is 62.0 cm³/mol. The smallest absolute Gasteiger partial charge is 0.244 e. The minimum Gasteiger partial charge on any atom is -0.462 e. The van der Waals surface area contributed by atoms with Crippen LogP contribution in [-0.4, -0.2) is 26.2 Å². The lowest BCUT2D eigenvalue weighted by Crippen LogP contribution is -2.22. The van der Waals surface area contributed by atoms with Gasteiger partial charge in [0.05, 0.1) is 0 Å². The zero-order valence-corrected chi connectivity index (χ0v) is 9.66. The molecule has 0 aliphatic carbocycles. The van der Waals surface area contributed by atoms with Gasteiger partial charge in [-0.1, -0.05) is 0 Å². The van der Waals surface area contributed by atoms with Gasteiger partial charge < -0.3 is 14.5 Å². The standard InChI is InChI=1S/C12H17NO3/c1-10-4-5-11(16-10)6-7-12(14)13-8-3-9-15-2/h4-7H,3,8-9H2,1-2H3,(H,13,14)/b7-6+. The molecule has 4 heteroatoms. The molecule has 0 saturated carbocycles. The number of furan rings is 1. The van der Waals surface area contributed by atoms with Gasteiger partial charge in [-0.15, -0.1) is 0 Å². The number of methoxy groups -OCH3 is 1. The predicted octanol–water partition coefficient (Wildman–Crippen LogP) is 1.75. The van der Waals surface area contributed by atoms with Crippen LogP contribution in [0.3, 0.4) is 0 Å². The molecule has 1 aromatic rings. The molecule has 4 nitrogen and oxygen atoms in total. The fraction of sp³-hybridized carbons (Fsp3) is 0.417. The van der Waals surface area contributed by atoms with Crippen molar-refractivity contribution in [2.45, 2.75) is 13.3 Å². The zero-order valence-electron chi connectivity index (χ0n) is 9.66. The van der Waals surface area contributed by atoms with E-state index in [1.165, 1.54) is 6.08 Å².